The molecule has 1 aliphatic rings. The number of benzene rings is 1. The number of carbonyl (C=O) groups is 1. The van der Waals surface area contributed by atoms with Gasteiger partial charge in [0.05, 0.1) is 11.9 Å². The van der Waals surface area contributed by atoms with Crippen molar-refractivity contribution in [3.63, 3.8) is 0 Å². The predicted molar refractivity (Wildman–Crippen MR) is 61.0 cm³/mol. The first-order valence-electron chi connectivity index (χ1n) is 5.53. The quantitative estimate of drug-likeness (QED) is 0.759. The number of carbonyl (C=O) groups excluding carboxylic acids is 1. The molecule has 3 rings (SSSR count). The monoisotopic (exact) mass is 301 g/mol. The molecule has 108 valence electrons. The molecule has 0 spiro atoms. The number of hydrogen-bond donors (Lipinski definition) is 0. The number of nitrogens with zero attached hydrogens (tertiary/aromatic N) is 3. The Hall–Kier alpha value is -2.58. The molecule has 0 unspecified atom stereocenters. The Morgan fingerprint density at radius 2 is 1.86 bits per heavy atom. The molecular weight excluding hydrogens is 297 g/mol. The third-order valence-electron chi connectivity index (χ3n) is 2.87. The Labute approximate surface area is 113 Å². The van der Waals surface area contributed by atoms with E-state index in [4.69, 9.17) is 0 Å². The molecule has 2 aromatic rings. The van der Waals surface area contributed by atoms with Crippen molar-refractivity contribution in [2.75, 3.05) is 0 Å². The average Bonchev–Trinajstić information content (AvgIpc) is 2.90. The van der Waals surface area contributed by atoms with Crippen LogP contribution in [0, 0.1) is 11.6 Å². The van der Waals surface area contributed by atoms with Crippen molar-refractivity contribution in [1.29, 1.82) is 0 Å². The van der Waals surface area contributed by atoms with Crippen LogP contribution >= 0.6 is 0 Å². The zero-order valence-corrected chi connectivity index (χ0v) is 9.95. The van der Waals surface area contributed by atoms with Crippen molar-refractivity contribution >= 4 is 12.2 Å². The molecule has 0 atom stereocenters. The molecule has 0 N–H and O–H groups in total. The Morgan fingerprint density at radius 1 is 1.14 bits per heavy atom. The van der Waals surface area contributed by atoms with Crippen molar-refractivity contribution in [3.8, 4) is 11.1 Å². The van der Waals surface area contributed by atoms with E-state index in [1.807, 2.05) is 0 Å². The molecule has 0 saturated carbocycles. The lowest BCUT2D eigenvalue weighted by Gasteiger charge is -2.08. The lowest BCUT2D eigenvalue weighted by atomic mass is 10.0. The van der Waals surface area contributed by atoms with Crippen LogP contribution in [0.1, 0.15) is 11.4 Å². The molecule has 1 amide bonds. The number of amides is 1. The van der Waals surface area contributed by atoms with Crippen LogP contribution in [-0.2, 0) is 6.18 Å². The summed E-state index contributed by atoms with van der Waals surface area (Å²) < 4.78 is 66.1. The van der Waals surface area contributed by atoms with Crippen molar-refractivity contribution in [2.45, 2.75) is 6.18 Å². The topological polar surface area (TPSA) is 47.2 Å². The lowest BCUT2D eigenvalue weighted by molar-refractivity contribution is -0.140. The first-order valence-corrected chi connectivity index (χ1v) is 5.53. The number of fused-ring (bicyclic) bond motifs is 1. The number of halogens is 5. The maximum absolute atomic E-state index is 13.8. The van der Waals surface area contributed by atoms with Crippen LogP contribution in [0.15, 0.2) is 23.2 Å². The minimum Gasteiger partial charge on any atom is -0.244 e. The largest absolute Gasteiger partial charge is 0.435 e. The summed E-state index contributed by atoms with van der Waals surface area (Å²) in [6, 6.07) is 1.11. The van der Waals surface area contributed by atoms with Gasteiger partial charge in [-0.25, -0.2) is 13.6 Å². The zero-order valence-electron chi connectivity index (χ0n) is 9.95. The van der Waals surface area contributed by atoms with E-state index in [0.29, 0.717) is 10.7 Å². The molecule has 0 saturated heterocycles. The number of aliphatic imine (C=N–C) groups is 1. The first-order chi connectivity index (χ1) is 9.79. The maximum atomic E-state index is 13.8. The van der Waals surface area contributed by atoms with Gasteiger partial charge in [-0.15, -0.1) is 0 Å². The highest BCUT2D eigenvalue weighted by molar-refractivity contribution is 6.04. The van der Waals surface area contributed by atoms with E-state index >= 15 is 0 Å². The summed E-state index contributed by atoms with van der Waals surface area (Å²) in [7, 11) is 0. The molecule has 1 aliphatic heterocycles. The Balaban J connectivity index is 2.33. The van der Waals surface area contributed by atoms with E-state index in [1.54, 1.807) is 0 Å². The molecule has 9 heteroatoms. The van der Waals surface area contributed by atoms with Gasteiger partial charge in [0.2, 0.25) is 0 Å². The molecule has 21 heavy (non-hydrogen) atoms. The van der Waals surface area contributed by atoms with Crippen LogP contribution in [0.3, 0.4) is 0 Å². The van der Waals surface area contributed by atoms with Crippen molar-refractivity contribution in [3.05, 3.63) is 41.2 Å². The molecule has 1 aromatic carbocycles. The van der Waals surface area contributed by atoms with E-state index in [0.717, 1.165) is 18.3 Å². The van der Waals surface area contributed by atoms with Crippen LogP contribution in [-0.4, -0.2) is 22.0 Å². The zero-order chi connectivity index (χ0) is 15.4. The van der Waals surface area contributed by atoms with E-state index < -0.39 is 40.7 Å². The summed E-state index contributed by atoms with van der Waals surface area (Å²) in [5.41, 5.74) is -2.87. The summed E-state index contributed by atoms with van der Waals surface area (Å²) in [4.78, 5) is 14.6. The number of alkyl halides is 3. The first kappa shape index (κ1) is 13.4. The van der Waals surface area contributed by atoms with Gasteiger partial charge in [-0.2, -0.15) is 27.9 Å². The summed E-state index contributed by atoms with van der Waals surface area (Å²) in [6.07, 6.45) is -4.04. The maximum Gasteiger partial charge on any atom is 0.435 e. The van der Waals surface area contributed by atoms with Crippen molar-refractivity contribution in [1.82, 2.24) is 9.78 Å². The second kappa shape index (κ2) is 4.21. The van der Waals surface area contributed by atoms with E-state index in [2.05, 4.69) is 10.1 Å². The Bertz CT molecular complexity index is 791. The number of aromatic nitrogens is 2. The smallest absolute Gasteiger partial charge is 0.244 e. The van der Waals surface area contributed by atoms with Crippen molar-refractivity contribution in [2.24, 2.45) is 4.99 Å². The summed E-state index contributed by atoms with van der Waals surface area (Å²) in [5.74, 6) is -2.12. The second-order valence-electron chi connectivity index (χ2n) is 4.18. The molecular formula is C12H4F5N3O. The van der Waals surface area contributed by atoms with Crippen LogP contribution in [0.25, 0.3) is 11.1 Å². The summed E-state index contributed by atoms with van der Waals surface area (Å²) in [6.45, 7) is 0. The van der Waals surface area contributed by atoms with Gasteiger partial charge in [0.15, 0.2) is 5.69 Å². The minimum absolute atomic E-state index is 0.294. The van der Waals surface area contributed by atoms with E-state index in [9.17, 15) is 26.7 Å². The van der Waals surface area contributed by atoms with Gasteiger partial charge in [0, 0.05) is 17.2 Å². The molecule has 1 aromatic heterocycles. The fraction of sp³-hybridized carbons (Fsp3) is 0.0833. The van der Waals surface area contributed by atoms with E-state index in [1.165, 1.54) is 0 Å². The van der Waals surface area contributed by atoms with Crippen LogP contribution in [0.4, 0.5) is 26.7 Å². The van der Waals surface area contributed by atoms with Crippen LogP contribution < -0.4 is 0 Å². The molecule has 0 aliphatic carbocycles. The van der Waals surface area contributed by atoms with Gasteiger partial charge >= 0.3 is 12.2 Å². The van der Waals surface area contributed by atoms with Gasteiger partial charge in [0.1, 0.15) is 11.6 Å². The second-order valence-corrected chi connectivity index (χ2v) is 4.18. The minimum atomic E-state index is -4.90. The Morgan fingerprint density at radius 3 is 2.48 bits per heavy atom. The van der Waals surface area contributed by atoms with Gasteiger partial charge in [0.25, 0.3) is 0 Å². The third-order valence-corrected chi connectivity index (χ3v) is 2.87. The standard InChI is InChI=1S/C12H4F5N3O/c13-5-1-2-6(7(14)3-5)9-8-4-18-11(21)20(8)19-10(9)12(15,16)17/h1-4H. The van der Waals surface area contributed by atoms with E-state index in [-0.39, 0.29) is 5.69 Å². The van der Waals surface area contributed by atoms with Gasteiger partial charge < -0.3 is 0 Å². The lowest BCUT2D eigenvalue weighted by Crippen LogP contribution is -2.11. The number of rotatable bonds is 1. The van der Waals surface area contributed by atoms with Gasteiger partial charge in [-0.05, 0) is 12.1 Å². The highest BCUT2D eigenvalue weighted by atomic mass is 19.4. The highest BCUT2D eigenvalue weighted by Gasteiger charge is 2.41. The van der Waals surface area contributed by atoms with Crippen LogP contribution in [0.2, 0.25) is 0 Å². The van der Waals surface area contributed by atoms with Crippen LogP contribution in [0.5, 0.6) is 0 Å². The predicted octanol–water partition coefficient (Wildman–Crippen LogP) is 3.25. The highest BCUT2D eigenvalue weighted by Crippen LogP contribution is 2.39. The Kier molecular flexibility index (Phi) is 2.68. The fourth-order valence-corrected chi connectivity index (χ4v) is 2.02. The number of hydrogen-bond acceptors (Lipinski definition) is 2. The molecule has 4 nitrogen and oxygen atoms in total. The molecule has 2 heterocycles. The summed E-state index contributed by atoms with van der Waals surface area (Å²) >= 11 is 0. The van der Waals surface area contributed by atoms with Gasteiger partial charge in [-0.3, -0.25) is 0 Å². The summed E-state index contributed by atoms with van der Waals surface area (Å²) in [5, 5.41) is 3.14. The molecule has 0 bridgehead atoms. The third kappa shape index (κ3) is 2.01. The van der Waals surface area contributed by atoms with Crippen molar-refractivity contribution < 1.29 is 26.7 Å². The normalized spacial score (nSPS) is 13.9. The van der Waals surface area contributed by atoms with Gasteiger partial charge in [-0.1, -0.05) is 0 Å². The fourth-order valence-electron chi connectivity index (χ4n) is 2.02. The molecule has 0 fully saturated rings. The average molecular weight is 301 g/mol. The SMILES string of the molecule is O=C1N=Cc2c(-c3ccc(F)cc3F)c(C(F)(F)F)nn21. The molecule has 0 radical (unpaired) electrons.